The van der Waals surface area contributed by atoms with Gasteiger partial charge in [-0.1, -0.05) is 55.8 Å². The molecule has 0 aliphatic heterocycles. The maximum absolute atomic E-state index is 14.0. The molecule has 22 heavy (non-hydrogen) atoms. The highest BCUT2D eigenvalue weighted by molar-refractivity contribution is 6.31. The van der Waals surface area contributed by atoms with Crippen molar-refractivity contribution in [2.24, 2.45) is 5.73 Å². The van der Waals surface area contributed by atoms with Gasteiger partial charge in [0.05, 0.1) is 0 Å². The van der Waals surface area contributed by atoms with Gasteiger partial charge in [-0.15, -0.1) is 0 Å². The summed E-state index contributed by atoms with van der Waals surface area (Å²) < 4.78 is 14.0. The molecule has 0 amide bonds. The number of hydrogen-bond donors (Lipinski definition) is 1. The molecule has 0 spiro atoms. The molecule has 0 saturated carbocycles. The highest BCUT2D eigenvalue weighted by Gasteiger charge is 2.18. The van der Waals surface area contributed by atoms with Gasteiger partial charge in [0.25, 0.3) is 0 Å². The van der Waals surface area contributed by atoms with Gasteiger partial charge < -0.3 is 5.73 Å². The third-order valence-electron chi connectivity index (χ3n) is 3.95. The number of rotatable bonds is 6. The zero-order valence-corrected chi connectivity index (χ0v) is 14.5. The Morgan fingerprint density at radius 2 is 1.95 bits per heavy atom. The first-order valence-electron chi connectivity index (χ1n) is 7.64. The van der Waals surface area contributed by atoms with Crippen molar-refractivity contribution >= 4 is 11.6 Å². The molecule has 0 saturated heterocycles. The average Bonchev–Trinajstić information content (AvgIpc) is 2.53. The van der Waals surface area contributed by atoms with E-state index in [4.69, 9.17) is 17.3 Å². The molecule has 0 radical (unpaired) electrons. The third kappa shape index (κ3) is 4.82. The van der Waals surface area contributed by atoms with E-state index >= 15 is 0 Å². The van der Waals surface area contributed by atoms with Crippen LogP contribution in [0.1, 0.15) is 44.7 Å². The largest absolute Gasteiger partial charge is 0.323 e. The van der Waals surface area contributed by atoms with E-state index in [1.807, 2.05) is 64.1 Å². The lowest BCUT2D eigenvalue weighted by atomic mass is 9.88. The van der Waals surface area contributed by atoms with E-state index in [0.717, 1.165) is 16.7 Å². The van der Waals surface area contributed by atoms with Crippen LogP contribution >= 0.6 is 11.6 Å². The molecule has 0 fully saturated rings. The maximum atomic E-state index is 14.0. The van der Waals surface area contributed by atoms with Gasteiger partial charge in [0.1, 0.15) is 5.82 Å². The minimum absolute atomic E-state index is 0.0145. The van der Waals surface area contributed by atoms with E-state index in [0.29, 0.717) is 11.5 Å². The zero-order chi connectivity index (χ0) is 16.7. The number of benzene rings is 1. The van der Waals surface area contributed by atoms with Gasteiger partial charge in [0.15, 0.2) is 0 Å². The van der Waals surface area contributed by atoms with Crippen molar-refractivity contribution in [1.29, 1.82) is 0 Å². The highest BCUT2D eigenvalue weighted by atomic mass is 35.5. The van der Waals surface area contributed by atoms with Crippen LogP contribution in [0.15, 0.2) is 53.1 Å². The first-order chi connectivity index (χ1) is 10.4. The fraction of sp³-hybridized carbons (Fsp3) is 0.368. The lowest BCUT2D eigenvalue weighted by Gasteiger charge is -2.22. The molecule has 1 aromatic carbocycles. The maximum Gasteiger partial charge on any atom is 0.126 e. The molecule has 0 aliphatic carbocycles. The molecule has 2 atom stereocenters. The Balaban J connectivity index is 2.98. The number of hydrogen-bond acceptors (Lipinski definition) is 1. The molecule has 2 N–H and O–H groups in total. The van der Waals surface area contributed by atoms with Crippen molar-refractivity contribution in [2.45, 2.75) is 46.1 Å². The fourth-order valence-corrected chi connectivity index (χ4v) is 2.36. The molecule has 0 bridgehead atoms. The molecule has 0 aliphatic rings. The highest BCUT2D eigenvalue weighted by Crippen LogP contribution is 2.25. The normalized spacial score (nSPS) is 16.1. The molecular formula is C19H25ClFN. The van der Waals surface area contributed by atoms with Crippen LogP contribution in [0, 0.1) is 5.82 Å². The van der Waals surface area contributed by atoms with Gasteiger partial charge in [-0.25, -0.2) is 4.39 Å². The second-order valence-corrected chi connectivity index (χ2v) is 5.75. The summed E-state index contributed by atoms with van der Waals surface area (Å²) in [5.74, 6) is -0.144. The van der Waals surface area contributed by atoms with Gasteiger partial charge in [0, 0.05) is 17.0 Å². The topological polar surface area (TPSA) is 26.0 Å². The van der Waals surface area contributed by atoms with Crippen LogP contribution in [-0.2, 0) is 6.42 Å². The first kappa shape index (κ1) is 18.7. The average molecular weight is 322 g/mol. The Morgan fingerprint density at radius 3 is 2.45 bits per heavy atom. The summed E-state index contributed by atoms with van der Waals surface area (Å²) in [6.07, 6.45) is 8.22. The molecule has 3 heteroatoms. The van der Waals surface area contributed by atoms with Gasteiger partial charge in [0.2, 0.25) is 0 Å². The van der Waals surface area contributed by atoms with E-state index in [9.17, 15) is 4.39 Å². The van der Waals surface area contributed by atoms with Crippen molar-refractivity contribution in [3.63, 3.8) is 0 Å². The summed E-state index contributed by atoms with van der Waals surface area (Å²) in [7, 11) is 0. The molecular weight excluding hydrogens is 297 g/mol. The lowest BCUT2D eigenvalue weighted by Crippen LogP contribution is -2.28. The summed E-state index contributed by atoms with van der Waals surface area (Å²) in [6.45, 7) is 7.78. The predicted octanol–water partition coefficient (Wildman–Crippen LogP) is 5.46. The Morgan fingerprint density at radius 1 is 1.27 bits per heavy atom. The Kier molecular flexibility index (Phi) is 7.57. The van der Waals surface area contributed by atoms with Crippen LogP contribution in [0.2, 0.25) is 0 Å². The molecule has 0 unspecified atom stereocenters. The van der Waals surface area contributed by atoms with Crippen molar-refractivity contribution < 1.29 is 4.39 Å². The number of nitrogens with two attached hydrogens (primary N) is 1. The Hall–Kier alpha value is -1.38. The molecule has 0 aromatic heterocycles. The van der Waals surface area contributed by atoms with Crippen LogP contribution in [0.3, 0.4) is 0 Å². The standard InChI is InChI=1S/C19H25ClFN/c1-5-14-8-9-16(12-18(14)21)13(4)19(22)15(6-2)10-11-17(20)7-3/h6-13,19H,5,22H2,1-4H3/b11-10-,15-6+,17-7-/t13-,19-/m1/s1. The fourth-order valence-electron chi connectivity index (χ4n) is 2.30. The lowest BCUT2D eigenvalue weighted by molar-refractivity contribution is 0.596. The molecule has 120 valence electrons. The van der Waals surface area contributed by atoms with E-state index in [1.54, 1.807) is 6.07 Å². The first-order valence-corrected chi connectivity index (χ1v) is 8.02. The summed E-state index contributed by atoms with van der Waals surface area (Å²) in [5.41, 5.74) is 8.97. The zero-order valence-electron chi connectivity index (χ0n) is 13.7. The van der Waals surface area contributed by atoms with Gasteiger partial charge in [-0.05, 0) is 49.1 Å². The Bertz CT molecular complexity index is 587. The van der Waals surface area contributed by atoms with E-state index < -0.39 is 0 Å². The quantitative estimate of drug-likeness (QED) is 0.691. The van der Waals surface area contributed by atoms with Crippen LogP contribution in [0.5, 0.6) is 0 Å². The smallest absolute Gasteiger partial charge is 0.126 e. The minimum Gasteiger partial charge on any atom is -0.323 e. The predicted molar refractivity (Wildman–Crippen MR) is 94.7 cm³/mol. The van der Waals surface area contributed by atoms with Crippen LogP contribution in [0.4, 0.5) is 4.39 Å². The molecule has 0 heterocycles. The Labute approximate surface area is 138 Å². The summed E-state index contributed by atoms with van der Waals surface area (Å²) in [4.78, 5) is 0. The van der Waals surface area contributed by atoms with Crippen molar-refractivity contribution in [3.8, 4) is 0 Å². The third-order valence-corrected chi connectivity index (χ3v) is 4.30. The van der Waals surface area contributed by atoms with Crippen LogP contribution in [-0.4, -0.2) is 6.04 Å². The van der Waals surface area contributed by atoms with Gasteiger partial charge >= 0.3 is 0 Å². The van der Waals surface area contributed by atoms with E-state index in [2.05, 4.69) is 0 Å². The van der Waals surface area contributed by atoms with E-state index in [1.165, 1.54) is 0 Å². The van der Waals surface area contributed by atoms with Crippen molar-refractivity contribution in [3.05, 3.63) is 70.1 Å². The van der Waals surface area contributed by atoms with Gasteiger partial charge in [-0.2, -0.15) is 0 Å². The summed E-state index contributed by atoms with van der Waals surface area (Å²) in [5, 5.41) is 0.664. The summed E-state index contributed by atoms with van der Waals surface area (Å²) in [6, 6.07) is 5.19. The van der Waals surface area contributed by atoms with Crippen molar-refractivity contribution in [1.82, 2.24) is 0 Å². The van der Waals surface area contributed by atoms with Crippen LogP contribution in [0.25, 0.3) is 0 Å². The second-order valence-electron chi connectivity index (χ2n) is 5.31. The minimum atomic E-state index is -0.213. The molecule has 1 nitrogen and oxygen atoms in total. The second kappa shape index (κ2) is 8.92. The van der Waals surface area contributed by atoms with Crippen LogP contribution < -0.4 is 5.73 Å². The molecule has 1 rings (SSSR count). The number of halogens is 2. The monoisotopic (exact) mass is 321 g/mol. The number of aryl methyl sites for hydroxylation is 1. The van der Waals surface area contributed by atoms with Crippen molar-refractivity contribution in [2.75, 3.05) is 0 Å². The molecule has 1 aromatic rings. The van der Waals surface area contributed by atoms with Gasteiger partial charge in [-0.3, -0.25) is 0 Å². The summed E-state index contributed by atoms with van der Waals surface area (Å²) >= 11 is 5.98. The SMILES string of the molecule is C/C=C(Cl)/C=C\C(=C/C)[C@H](N)[C@H](C)c1ccc(CC)c(F)c1. The van der Waals surface area contributed by atoms with E-state index in [-0.39, 0.29) is 17.8 Å². The number of allylic oxidation sites excluding steroid dienone is 4.